The van der Waals surface area contributed by atoms with E-state index in [1.54, 1.807) is 0 Å². The van der Waals surface area contributed by atoms with Crippen molar-refractivity contribution in [1.82, 2.24) is 0 Å². The molecule has 3 nitrogen and oxygen atoms in total. The summed E-state index contributed by atoms with van der Waals surface area (Å²) < 4.78 is 3.86. The maximum absolute atomic E-state index is 9.77. The monoisotopic (exact) mass is 149 g/mol. The molecular formula is C4H5O3Ti-. The molecule has 0 aliphatic rings. The molecule has 0 amide bonds. The van der Waals surface area contributed by atoms with Gasteiger partial charge in [0.2, 0.25) is 0 Å². The normalized spacial score (nSPS) is 6.62. The van der Waals surface area contributed by atoms with Crippen molar-refractivity contribution in [3.8, 4) is 0 Å². The number of carbonyl (C=O) groups is 2. The van der Waals surface area contributed by atoms with Gasteiger partial charge in [0.15, 0.2) is 5.97 Å². The third-order valence-corrected chi connectivity index (χ3v) is 0.258. The van der Waals surface area contributed by atoms with Crippen LogP contribution in [0.4, 0.5) is 0 Å². The van der Waals surface area contributed by atoms with E-state index in [0.29, 0.717) is 0 Å². The van der Waals surface area contributed by atoms with Crippen molar-refractivity contribution in [3.05, 3.63) is 6.92 Å². The number of rotatable bonds is 0. The Morgan fingerprint density at radius 2 is 1.88 bits per heavy atom. The van der Waals surface area contributed by atoms with Gasteiger partial charge >= 0.3 is 5.97 Å². The van der Waals surface area contributed by atoms with E-state index in [1.165, 1.54) is 0 Å². The van der Waals surface area contributed by atoms with E-state index in [4.69, 9.17) is 0 Å². The zero-order chi connectivity index (χ0) is 5.86. The largest absolute Gasteiger partial charge is 0.421 e. The Labute approximate surface area is 62.3 Å². The van der Waals surface area contributed by atoms with Crippen molar-refractivity contribution in [3.63, 3.8) is 0 Å². The van der Waals surface area contributed by atoms with E-state index in [-0.39, 0.29) is 21.7 Å². The average molecular weight is 149 g/mol. The number of ether oxygens (including phenoxy) is 1. The van der Waals surface area contributed by atoms with Crippen LogP contribution in [0.3, 0.4) is 0 Å². The molecule has 0 rings (SSSR count). The summed E-state index contributed by atoms with van der Waals surface area (Å²) in [7, 11) is 0. The second kappa shape index (κ2) is 4.87. The van der Waals surface area contributed by atoms with E-state index in [9.17, 15) is 9.59 Å². The Kier molecular flexibility index (Phi) is 6.49. The predicted octanol–water partition coefficient (Wildman–Crippen LogP) is -0.0923. The Balaban J connectivity index is 0. The van der Waals surface area contributed by atoms with Gasteiger partial charge < -0.3 is 4.74 Å². The van der Waals surface area contributed by atoms with Crippen molar-refractivity contribution in [2.75, 3.05) is 0 Å². The molecule has 0 aliphatic heterocycles. The topological polar surface area (TPSA) is 43.4 Å². The summed E-state index contributed by atoms with van der Waals surface area (Å²) in [5.41, 5.74) is 0. The molecule has 0 saturated heterocycles. The molecule has 0 atom stereocenters. The molecule has 0 saturated carbocycles. The van der Waals surface area contributed by atoms with Crippen LogP contribution in [0.5, 0.6) is 0 Å². The first-order valence-electron chi connectivity index (χ1n) is 1.67. The Bertz CT molecular complexity index is 87.5. The number of hydrogen-bond acceptors (Lipinski definition) is 3. The van der Waals surface area contributed by atoms with Crippen LogP contribution in [0.2, 0.25) is 0 Å². The molecule has 0 N–H and O–H groups in total. The van der Waals surface area contributed by atoms with Crippen LogP contribution in [-0.2, 0) is 36.0 Å². The summed E-state index contributed by atoms with van der Waals surface area (Å²) in [6, 6.07) is 0. The van der Waals surface area contributed by atoms with Crippen LogP contribution in [-0.4, -0.2) is 11.9 Å². The Morgan fingerprint density at radius 1 is 1.50 bits per heavy atom. The molecule has 0 fully saturated rings. The molecule has 0 aliphatic carbocycles. The quantitative estimate of drug-likeness (QED) is 0.209. The van der Waals surface area contributed by atoms with Gasteiger partial charge in [-0.2, -0.15) is 0 Å². The number of carbonyl (C=O) groups excluding carboxylic acids is 2. The number of hydrogen-bond donors (Lipinski definition) is 0. The van der Waals surface area contributed by atoms with E-state index in [2.05, 4.69) is 11.7 Å². The van der Waals surface area contributed by atoms with E-state index < -0.39 is 11.9 Å². The van der Waals surface area contributed by atoms with E-state index in [1.807, 2.05) is 0 Å². The minimum absolute atomic E-state index is 0. The number of esters is 2. The molecule has 8 heavy (non-hydrogen) atoms. The minimum atomic E-state index is -0.813. The molecule has 4 heteroatoms. The molecule has 0 spiro atoms. The second-order valence-corrected chi connectivity index (χ2v) is 0.966. The van der Waals surface area contributed by atoms with Gasteiger partial charge in [-0.25, -0.2) is 0 Å². The van der Waals surface area contributed by atoms with Crippen LogP contribution in [0.25, 0.3) is 0 Å². The van der Waals surface area contributed by atoms with Crippen LogP contribution in [0, 0.1) is 6.92 Å². The van der Waals surface area contributed by atoms with Gasteiger partial charge in [-0.3, -0.25) is 16.5 Å². The fourth-order valence-electron chi connectivity index (χ4n) is 0.160. The first-order valence-corrected chi connectivity index (χ1v) is 1.67. The van der Waals surface area contributed by atoms with Crippen molar-refractivity contribution in [2.45, 2.75) is 6.92 Å². The summed E-state index contributed by atoms with van der Waals surface area (Å²) in [4.78, 5) is 19.5. The van der Waals surface area contributed by atoms with Gasteiger partial charge in [0.25, 0.3) is 0 Å². The Hall–Kier alpha value is -0.276. The van der Waals surface area contributed by atoms with Gasteiger partial charge in [-0.1, -0.05) is 0 Å². The summed E-state index contributed by atoms with van der Waals surface area (Å²) in [5.74, 6) is -1.44. The maximum Gasteiger partial charge on any atom is 0.308 e. The van der Waals surface area contributed by atoms with Gasteiger partial charge in [0, 0.05) is 28.6 Å². The minimum Gasteiger partial charge on any atom is -0.421 e. The third-order valence-electron chi connectivity index (χ3n) is 0.258. The van der Waals surface area contributed by atoms with Crippen molar-refractivity contribution in [2.24, 2.45) is 0 Å². The van der Waals surface area contributed by atoms with Gasteiger partial charge in [-0.15, -0.1) is 0 Å². The first kappa shape index (κ1) is 10.7. The standard InChI is InChI=1S/C4H5O3.Ti/c1-3(5)7-4(2)6;/h1H2,2H3;/q-1;. The van der Waals surface area contributed by atoms with Crippen molar-refractivity contribution >= 4 is 11.9 Å². The molecule has 0 bridgehead atoms. The van der Waals surface area contributed by atoms with Gasteiger partial charge in [0.1, 0.15) is 0 Å². The van der Waals surface area contributed by atoms with Crippen LogP contribution in [0.15, 0.2) is 0 Å². The predicted molar refractivity (Wildman–Crippen MR) is 22.1 cm³/mol. The molecule has 44 valence electrons. The summed E-state index contributed by atoms with van der Waals surface area (Å²) >= 11 is 0. The fourth-order valence-corrected chi connectivity index (χ4v) is 0.160. The van der Waals surface area contributed by atoms with E-state index >= 15 is 0 Å². The van der Waals surface area contributed by atoms with Crippen LogP contribution >= 0.6 is 0 Å². The van der Waals surface area contributed by atoms with Crippen molar-refractivity contribution < 1.29 is 36.0 Å². The van der Waals surface area contributed by atoms with E-state index in [0.717, 1.165) is 6.92 Å². The SMILES string of the molecule is [CH2-]C(=O)OC(C)=O.[Ti]. The van der Waals surface area contributed by atoms with Crippen LogP contribution in [0.1, 0.15) is 6.92 Å². The zero-order valence-corrected chi connectivity index (χ0v) is 5.99. The van der Waals surface area contributed by atoms with Gasteiger partial charge in [0.05, 0.1) is 0 Å². The molecule has 0 unspecified atom stereocenters. The van der Waals surface area contributed by atoms with Crippen molar-refractivity contribution in [1.29, 1.82) is 0 Å². The average Bonchev–Trinajstić information content (AvgIpc) is 1.27. The molecule has 0 aromatic heterocycles. The van der Waals surface area contributed by atoms with Gasteiger partial charge in [-0.05, 0) is 0 Å². The van der Waals surface area contributed by atoms with Crippen LogP contribution < -0.4 is 0 Å². The maximum atomic E-state index is 9.77. The molecule has 0 radical (unpaired) electrons. The summed E-state index contributed by atoms with van der Waals surface area (Å²) in [6.45, 7) is 3.94. The molecule has 0 aromatic rings. The summed E-state index contributed by atoms with van der Waals surface area (Å²) in [5, 5.41) is 0. The fraction of sp³-hybridized carbons (Fsp3) is 0.250. The molecule has 0 heterocycles. The first-order chi connectivity index (χ1) is 3.13. The second-order valence-electron chi connectivity index (χ2n) is 0.966. The third kappa shape index (κ3) is 9.21. The smallest absolute Gasteiger partial charge is 0.308 e. The zero-order valence-electron chi connectivity index (χ0n) is 4.43. The Morgan fingerprint density at radius 3 is 1.88 bits per heavy atom. The summed E-state index contributed by atoms with van der Waals surface area (Å²) in [6.07, 6.45) is 0. The molecule has 0 aromatic carbocycles. The molecular weight excluding hydrogens is 144 g/mol.